The summed E-state index contributed by atoms with van der Waals surface area (Å²) in [5.41, 5.74) is 8.19. The highest BCUT2D eigenvalue weighted by Crippen LogP contribution is 2.22. The molecule has 0 saturated heterocycles. The van der Waals surface area contributed by atoms with Gasteiger partial charge in [-0.05, 0) is 31.2 Å². The number of rotatable bonds is 13. The standard InChI is InChI=1S/C13H17N3O8/c14-16-15-6-5-8(11(20)13(23)24)2-1-7(3-4-9(17)18)10(19)12(21)22/h7-8H,1-6H2,(H,17,18)(H,21,22)(H,23,24). The van der Waals surface area contributed by atoms with Gasteiger partial charge in [-0.2, -0.15) is 0 Å². The molecule has 132 valence electrons. The second kappa shape index (κ2) is 10.7. The van der Waals surface area contributed by atoms with E-state index in [0.717, 1.165) is 0 Å². The molecule has 11 nitrogen and oxygen atoms in total. The zero-order chi connectivity index (χ0) is 18.7. The van der Waals surface area contributed by atoms with Gasteiger partial charge < -0.3 is 15.3 Å². The number of carboxylic acids is 3. The molecule has 0 aromatic heterocycles. The lowest BCUT2D eigenvalue weighted by atomic mass is 9.86. The number of azide groups is 1. The fraction of sp³-hybridized carbons (Fsp3) is 0.615. The number of carbonyl (C=O) groups excluding carboxylic acids is 2. The van der Waals surface area contributed by atoms with Gasteiger partial charge in [-0.1, -0.05) is 5.11 Å². The zero-order valence-corrected chi connectivity index (χ0v) is 12.6. The Morgan fingerprint density at radius 1 is 0.833 bits per heavy atom. The summed E-state index contributed by atoms with van der Waals surface area (Å²) >= 11 is 0. The Morgan fingerprint density at radius 3 is 1.67 bits per heavy atom. The molecule has 0 aromatic rings. The number of nitrogens with zero attached hydrogens (tertiary/aromatic N) is 3. The molecule has 0 aliphatic carbocycles. The van der Waals surface area contributed by atoms with Crippen LogP contribution in [0.5, 0.6) is 0 Å². The molecule has 2 atom stereocenters. The summed E-state index contributed by atoms with van der Waals surface area (Å²) in [7, 11) is 0. The SMILES string of the molecule is [N-]=[N+]=NCCC(CCC(CCC(=O)O)C(=O)C(=O)O)C(=O)C(=O)O. The van der Waals surface area contributed by atoms with Crippen molar-refractivity contribution in [2.24, 2.45) is 17.0 Å². The highest BCUT2D eigenvalue weighted by Gasteiger charge is 2.29. The molecule has 0 amide bonds. The largest absolute Gasteiger partial charge is 0.481 e. The molecule has 11 heteroatoms. The van der Waals surface area contributed by atoms with Gasteiger partial charge in [0.1, 0.15) is 0 Å². The van der Waals surface area contributed by atoms with Gasteiger partial charge in [0.15, 0.2) is 0 Å². The summed E-state index contributed by atoms with van der Waals surface area (Å²) in [4.78, 5) is 57.8. The van der Waals surface area contributed by atoms with Crippen LogP contribution in [0.4, 0.5) is 0 Å². The predicted octanol–water partition coefficient (Wildman–Crippen LogP) is 0.872. The normalized spacial score (nSPS) is 12.5. The van der Waals surface area contributed by atoms with Crippen molar-refractivity contribution >= 4 is 29.5 Å². The van der Waals surface area contributed by atoms with Gasteiger partial charge in [-0.25, -0.2) is 9.59 Å². The Hall–Kier alpha value is -2.94. The van der Waals surface area contributed by atoms with Crippen molar-refractivity contribution in [3.05, 3.63) is 10.4 Å². The number of hydrogen-bond donors (Lipinski definition) is 3. The summed E-state index contributed by atoms with van der Waals surface area (Å²) < 4.78 is 0. The second-order valence-corrected chi connectivity index (χ2v) is 4.99. The fourth-order valence-electron chi connectivity index (χ4n) is 2.12. The van der Waals surface area contributed by atoms with E-state index in [-0.39, 0.29) is 32.2 Å². The Balaban J connectivity index is 4.98. The van der Waals surface area contributed by atoms with Crippen molar-refractivity contribution in [1.29, 1.82) is 0 Å². The smallest absolute Gasteiger partial charge is 0.372 e. The maximum absolute atomic E-state index is 11.6. The Labute approximate surface area is 135 Å². The van der Waals surface area contributed by atoms with Crippen LogP contribution >= 0.6 is 0 Å². The van der Waals surface area contributed by atoms with Crippen LogP contribution in [0, 0.1) is 11.8 Å². The van der Waals surface area contributed by atoms with Gasteiger partial charge in [0.05, 0.1) is 0 Å². The molecule has 0 aliphatic rings. The summed E-state index contributed by atoms with van der Waals surface area (Å²) in [6.07, 6.45) is -1.01. The van der Waals surface area contributed by atoms with Crippen LogP contribution in [0.25, 0.3) is 10.4 Å². The molecule has 0 aromatic carbocycles. The van der Waals surface area contributed by atoms with E-state index >= 15 is 0 Å². The van der Waals surface area contributed by atoms with E-state index in [1.165, 1.54) is 0 Å². The highest BCUT2D eigenvalue weighted by molar-refractivity contribution is 6.34. The van der Waals surface area contributed by atoms with E-state index in [1.54, 1.807) is 0 Å². The molecule has 0 spiro atoms. The van der Waals surface area contributed by atoms with Crippen molar-refractivity contribution < 1.29 is 39.3 Å². The predicted molar refractivity (Wildman–Crippen MR) is 77.0 cm³/mol. The van der Waals surface area contributed by atoms with Gasteiger partial charge in [-0.15, -0.1) is 0 Å². The minimum absolute atomic E-state index is 0.0674. The third kappa shape index (κ3) is 7.90. The number of aliphatic carboxylic acids is 3. The molecule has 2 unspecified atom stereocenters. The first kappa shape index (κ1) is 21.1. The Bertz CT molecular complexity index is 532. The van der Waals surface area contributed by atoms with Crippen LogP contribution in [-0.4, -0.2) is 51.3 Å². The van der Waals surface area contributed by atoms with E-state index in [4.69, 9.17) is 20.9 Å². The van der Waals surface area contributed by atoms with Crippen molar-refractivity contribution in [1.82, 2.24) is 0 Å². The number of Topliss-reactive ketones (excluding diaryl/α,β-unsaturated/α-hetero) is 2. The second-order valence-electron chi connectivity index (χ2n) is 4.99. The monoisotopic (exact) mass is 343 g/mol. The highest BCUT2D eigenvalue weighted by atomic mass is 16.4. The van der Waals surface area contributed by atoms with Gasteiger partial charge in [0.2, 0.25) is 11.6 Å². The molecule has 0 saturated carbocycles. The van der Waals surface area contributed by atoms with Gasteiger partial charge in [0, 0.05) is 29.7 Å². The molecule has 0 rings (SSSR count). The first-order valence-corrected chi connectivity index (χ1v) is 6.97. The number of ketones is 2. The molecule has 0 radical (unpaired) electrons. The first-order chi connectivity index (χ1) is 11.2. The number of hydrogen-bond acceptors (Lipinski definition) is 6. The average molecular weight is 343 g/mol. The number of carbonyl (C=O) groups is 5. The molecule has 0 aliphatic heterocycles. The Kier molecular flexibility index (Phi) is 9.42. The van der Waals surface area contributed by atoms with Crippen LogP contribution < -0.4 is 0 Å². The van der Waals surface area contributed by atoms with E-state index in [0.29, 0.717) is 0 Å². The van der Waals surface area contributed by atoms with Crippen LogP contribution in [0.15, 0.2) is 5.11 Å². The summed E-state index contributed by atoms with van der Waals surface area (Å²) in [6, 6.07) is 0. The molecule has 0 bridgehead atoms. The van der Waals surface area contributed by atoms with Crippen molar-refractivity contribution in [3.63, 3.8) is 0 Å². The third-order valence-corrected chi connectivity index (χ3v) is 3.37. The lowest BCUT2D eigenvalue weighted by Crippen LogP contribution is -2.28. The quantitative estimate of drug-likeness (QED) is 0.189. The van der Waals surface area contributed by atoms with Crippen LogP contribution in [0.2, 0.25) is 0 Å². The van der Waals surface area contributed by atoms with Crippen LogP contribution in [0.1, 0.15) is 32.1 Å². The molecule has 0 heterocycles. The van der Waals surface area contributed by atoms with Crippen molar-refractivity contribution in [3.8, 4) is 0 Å². The third-order valence-electron chi connectivity index (χ3n) is 3.37. The van der Waals surface area contributed by atoms with E-state index in [2.05, 4.69) is 10.0 Å². The molecule has 3 N–H and O–H groups in total. The van der Waals surface area contributed by atoms with E-state index < -0.39 is 47.7 Å². The minimum Gasteiger partial charge on any atom is -0.481 e. The van der Waals surface area contributed by atoms with Gasteiger partial charge in [-0.3, -0.25) is 14.4 Å². The fourth-order valence-corrected chi connectivity index (χ4v) is 2.12. The zero-order valence-electron chi connectivity index (χ0n) is 12.6. The lowest BCUT2D eigenvalue weighted by Gasteiger charge is -2.16. The lowest BCUT2D eigenvalue weighted by molar-refractivity contribution is -0.152. The molecule has 24 heavy (non-hydrogen) atoms. The van der Waals surface area contributed by atoms with E-state index in [1.807, 2.05) is 0 Å². The summed E-state index contributed by atoms with van der Waals surface area (Å²) in [5.74, 6) is -9.13. The maximum atomic E-state index is 11.6. The Morgan fingerprint density at radius 2 is 1.29 bits per heavy atom. The van der Waals surface area contributed by atoms with Crippen molar-refractivity contribution in [2.45, 2.75) is 32.1 Å². The minimum atomic E-state index is -1.72. The van der Waals surface area contributed by atoms with E-state index in [9.17, 15) is 24.0 Å². The molecule has 0 fully saturated rings. The van der Waals surface area contributed by atoms with Crippen LogP contribution in [-0.2, 0) is 24.0 Å². The average Bonchev–Trinajstić information content (AvgIpc) is 2.51. The topological polar surface area (TPSA) is 195 Å². The molecular weight excluding hydrogens is 326 g/mol. The van der Waals surface area contributed by atoms with Gasteiger partial charge in [0.25, 0.3) is 0 Å². The van der Waals surface area contributed by atoms with Gasteiger partial charge >= 0.3 is 17.9 Å². The first-order valence-electron chi connectivity index (χ1n) is 6.97. The van der Waals surface area contributed by atoms with Crippen molar-refractivity contribution in [2.75, 3.05) is 6.54 Å². The van der Waals surface area contributed by atoms with Crippen LogP contribution in [0.3, 0.4) is 0 Å². The molecular formula is C13H17N3O8. The summed E-state index contributed by atoms with van der Waals surface area (Å²) in [6.45, 7) is -0.132. The summed E-state index contributed by atoms with van der Waals surface area (Å²) in [5, 5.41) is 29.3. The maximum Gasteiger partial charge on any atom is 0.372 e. The number of carboxylic acid groups (broad SMARTS) is 3.